The molecule has 1 aromatic carbocycles. The van der Waals surface area contributed by atoms with E-state index in [1.165, 1.54) is 12.0 Å². The van der Waals surface area contributed by atoms with E-state index in [9.17, 15) is 9.90 Å². The van der Waals surface area contributed by atoms with Crippen molar-refractivity contribution in [2.75, 3.05) is 24.5 Å². The molecule has 3 N–H and O–H groups in total. The predicted octanol–water partition coefficient (Wildman–Crippen LogP) is 2.36. The number of rotatable bonds is 6. The van der Waals surface area contributed by atoms with Crippen LogP contribution in [0.1, 0.15) is 18.2 Å². The van der Waals surface area contributed by atoms with Crippen LogP contribution >= 0.6 is 0 Å². The third-order valence-electron chi connectivity index (χ3n) is 4.22. The van der Waals surface area contributed by atoms with Crippen molar-refractivity contribution in [3.63, 3.8) is 0 Å². The zero-order valence-electron chi connectivity index (χ0n) is 14.2. The van der Waals surface area contributed by atoms with Crippen molar-refractivity contribution >= 4 is 11.7 Å². The van der Waals surface area contributed by atoms with Crippen LogP contribution in [0.25, 0.3) is 0 Å². The molecule has 1 unspecified atom stereocenters. The van der Waals surface area contributed by atoms with E-state index in [1.807, 2.05) is 12.1 Å². The van der Waals surface area contributed by atoms with Gasteiger partial charge in [-0.05, 0) is 36.8 Å². The van der Waals surface area contributed by atoms with Gasteiger partial charge in [0, 0.05) is 25.3 Å². The molecule has 6 heteroatoms. The summed E-state index contributed by atoms with van der Waals surface area (Å²) >= 11 is 0. The summed E-state index contributed by atoms with van der Waals surface area (Å²) in [5.74, 6) is 0.416. The van der Waals surface area contributed by atoms with Gasteiger partial charge in [0.1, 0.15) is 11.4 Å². The molecule has 1 aliphatic rings. The number of aliphatic hydroxyl groups is 1. The first kappa shape index (κ1) is 17.1. The van der Waals surface area contributed by atoms with Gasteiger partial charge in [-0.2, -0.15) is 0 Å². The third kappa shape index (κ3) is 4.42. The quantitative estimate of drug-likeness (QED) is 0.705. The molecular formula is C19H23N3O3. The van der Waals surface area contributed by atoms with Crippen LogP contribution in [-0.4, -0.2) is 30.8 Å². The van der Waals surface area contributed by atoms with E-state index in [0.717, 1.165) is 18.7 Å². The maximum Gasteiger partial charge on any atom is 0.315 e. The van der Waals surface area contributed by atoms with Crippen LogP contribution in [0.4, 0.5) is 10.5 Å². The maximum atomic E-state index is 11.9. The zero-order chi connectivity index (χ0) is 17.7. The molecule has 0 fully saturated rings. The van der Waals surface area contributed by atoms with Crippen molar-refractivity contribution in [3.05, 3.63) is 66.1 Å². The number of nitrogens with one attached hydrogen (secondary N) is 2. The Morgan fingerprint density at radius 1 is 1.20 bits per heavy atom. The number of anilines is 1. The fourth-order valence-electron chi connectivity index (χ4n) is 2.68. The first-order valence-electron chi connectivity index (χ1n) is 8.31. The summed E-state index contributed by atoms with van der Waals surface area (Å²) in [4.78, 5) is 14.2. The van der Waals surface area contributed by atoms with Gasteiger partial charge < -0.3 is 25.1 Å². The average molecular weight is 341 g/mol. The minimum Gasteiger partial charge on any atom is -0.466 e. The zero-order valence-corrected chi connectivity index (χ0v) is 14.2. The van der Waals surface area contributed by atoms with Crippen LogP contribution in [0.2, 0.25) is 0 Å². The van der Waals surface area contributed by atoms with Crippen molar-refractivity contribution in [3.8, 4) is 0 Å². The second kappa shape index (κ2) is 7.44. The van der Waals surface area contributed by atoms with Crippen LogP contribution in [-0.2, 0) is 12.1 Å². The maximum absolute atomic E-state index is 11.9. The van der Waals surface area contributed by atoms with E-state index in [-0.39, 0.29) is 12.6 Å². The first-order chi connectivity index (χ1) is 12.0. The summed E-state index contributed by atoms with van der Waals surface area (Å²) in [5.41, 5.74) is 0.947. The minimum atomic E-state index is -1.24. The van der Waals surface area contributed by atoms with Gasteiger partial charge in [-0.15, -0.1) is 0 Å². The highest BCUT2D eigenvalue weighted by molar-refractivity contribution is 5.74. The van der Waals surface area contributed by atoms with Crippen molar-refractivity contribution in [1.82, 2.24) is 10.6 Å². The summed E-state index contributed by atoms with van der Waals surface area (Å²) in [7, 11) is 0. The number of urea groups is 1. The van der Waals surface area contributed by atoms with E-state index >= 15 is 0 Å². The van der Waals surface area contributed by atoms with Gasteiger partial charge in [-0.3, -0.25) is 0 Å². The molecule has 2 amide bonds. The highest BCUT2D eigenvalue weighted by Crippen LogP contribution is 2.20. The smallest absolute Gasteiger partial charge is 0.315 e. The van der Waals surface area contributed by atoms with E-state index in [2.05, 4.69) is 39.8 Å². The monoisotopic (exact) mass is 341 g/mol. The van der Waals surface area contributed by atoms with E-state index < -0.39 is 5.60 Å². The van der Waals surface area contributed by atoms with Crippen molar-refractivity contribution in [2.24, 2.45) is 0 Å². The minimum absolute atomic E-state index is 0.0627. The molecule has 1 atom stereocenters. The van der Waals surface area contributed by atoms with Crippen molar-refractivity contribution < 1.29 is 14.3 Å². The molecule has 0 saturated heterocycles. The highest BCUT2D eigenvalue weighted by Gasteiger charge is 2.26. The van der Waals surface area contributed by atoms with Crippen molar-refractivity contribution in [2.45, 2.75) is 19.1 Å². The number of furan rings is 1. The number of hydrogen-bond donors (Lipinski definition) is 3. The summed E-state index contributed by atoms with van der Waals surface area (Å²) in [5, 5.41) is 15.7. The highest BCUT2D eigenvalue weighted by atomic mass is 16.4. The lowest BCUT2D eigenvalue weighted by atomic mass is 10.0. The van der Waals surface area contributed by atoms with Gasteiger partial charge in [-0.1, -0.05) is 24.3 Å². The number of nitrogens with zero attached hydrogens (tertiary/aromatic N) is 1. The van der Waals surface area contributed by atoms with Gasteiger partial charge in [0.25, 0.3) is 0 Å². The fraction of sp³-hybridized carbons (Fsp3) is 0.316. The molecule has 1 aromatic heterocycles. The Kier molecular flexibility index (Phi) is 5.09. The first-order valence-corrected chi connectivity index (χ1v) is 8.31. The standard InChI is InChI=1S/C19H23N3O3/c1-19(24,17-5-4-12-25-17)14-21-18(23)20-13-15-6-8-16(9-7-15)22-10-2-3-11-22/h2-9,12,24H,10-11,13-14H2,1H3,(H2,20,21,23). The SMILES string of the molecule is CC(O)(CNC(=O)NCc1ccc(N2CC=CC2)cc1)c1ccco1. The molecule has 25 heavy (non-hydrogen) atoms. The molecule has 0 saturated carbocycles. The number of carbonyl (C=O) groups is 1. The van der Waals surface area contributed by atoms with Crippen LogP contribution in [0.15, 0.2) is 59.2 Å². The summed E-state index contributed by atoms with van der Waals surface area (Å²) in [6.45, 7) is 3.96. The normalized spacial score (nSPS) is 15.8. The Morgan fingerprint density at radius 2 is 1.92 bits per heavy atom. The lowest BCUT2D eigenvalue weighted by molar-refractivity contribution is 0.0367. The fourth-order valence-corrected chi connectivity index (χ4v) is 2.68. The number of benzene rings is 1. The lowest BCUT2D eigenvalue weighted by Crippen LogP contribution is -2.43. The summed E-state index contributed by atoms with van der Waals surface area (Å²) < 4.78 is 5.18. The molecule has 0 bridgehead atoms. The van der Waals surface area contributed by atoms with Crippen LogP contribution in [0, 0.1) is 0 Å². The Balaban J connectivity index is 1.44. The second-order valence-corrected chi connectivity index (χ2v) is 6.33. The number of hydrogen-bond acceptors (Lipinski definition) is 4. The molecule has 2 aromatic rings. The van der Waals surface area contributed by atoms with E-state index in [0.29, 0.717) is 12.3 Å². The van der Waals surface area contributed by atoms with Gasteiger partial charge in [0.15, 0.2) is 0 Å². The molecule has 3 rings (SSSR count). The molecule has 132 valence electrons. The molecule has 0 radical (unpaired) electrons. The molecule has 2 heterocycles. The van der Waals surface area contributed by atoms with E-state index in [1.54, 1.807) is 19.1 Å². The molecule has 1 aliphatic heterocycles. The number of carbonyl (C=O) groups excluding carboxylic acids is 1. The van der Waals surface area contributed by atoms with Gasteiger partial charge in [0.2, 0.25) is 0 Å². The third-order valence-corrected chi connectivity index (χ3v) is 4.22. The molecule has 0 spiro atoms. The lowest BCUT2D eigenvalue weighted by Gasteiger charge is -2.21. The van der Waals surface area contributed by atoms with Crippen LogP contribution < -0.4 is 15.5 Å². The topological polar surface area (TPSA) is 77.7 Å². The Morgan fingerprint density at radius 3 is 2.56 bits per heavy atom. The van der Waals surface area contributed by atoms with E-state index in [4.69, 9.17) is 4.42 Å². The van der Waals surface area contributed by atoms with Crippen LogP contribution in [0.5, 0.6) is 0 Å². The largest absolute Gasteiger partial charge is 0.466 e. The van der Waals surface area contributed by atoms with Crippen molar-refractivity contribution in [1.29, 1.82) is 0 Å². The summed E-state index contributed by atoms with van der Waals surface area (Å²) in [6, 6.07) is 11.2. The number of amides is 2. The Hall–Kier alpha value is -2.73. The average Bonchev–Trinajstić information content (AvgIpc) is 3.32. The Bertz CT molecular complexity index is 713. The van der Waals surface area contributed by atoms with Gasteiger partial charge >= 0.3 is 6.03 Å². The molecule has 6 nitrogen and oxygen atoms in total. The Labute approximate surface area is 147 Å². The van der Waals surface area contributed by atoms with Gasteiger partial charge in [-0.25, -0.2) is 4.79 Å². The molecular weight excluding hydrogens is 318 g/mol. The summed E-state index contributed by atoms with van der Waals surface area (Å²) in [6.07, 6.45) is 5.79. The van der Waals surface area contributed by atoms with Crippen LogP contribution in [0.3, 0.4) is 0 Å². The van der Waals surface area contributed by atoms with Gasteiger partial charge in [0.05, 0.1) is 12.8 Å². The molecule has 0 aliphatic carbocycles. The second-order valence-electron chi connectivity index (χ2n) is 6.33. The predicted molar refractivity (Wildman–Crippen MR) is 96.3 cm³/mol.